The topological polar surface area (TPSA) is 35.8 Å². The number of nitrogens with one attached hydrogen (secondary N) is 1. The summed E-state index contributed by atoms with van der Waals surface area (Å²) in [6, 6.07) is 20.9. The summed E-state index contributed by atoms with van der Waals surface area (Å²) in [5.74, 6) is -0.109. The molecule has 2 unspecified atom stereocenters. The van der Waals surface area contributed by atoms with Crippen molar-refractivity contribution in [3.05, 3.63) is 71.3 Å². The molecule has 2 heteroatoms. The quantitative estimate of drug-likeness (QED) is 0.887. The average molecular weight is 264 g/mol. The van der Waals surface area contributed by atoms with Crippen molar-refractivity contribution >= 4 is 0 Å². The fraction of sp³-hybridized carbons (Fsp3) is 0.278. The summed E-state index contributed by atoms with van der Waals surface area (Å²) in [4.78, 5) is 0. The van der Waals surface area contributed by atoms with E-state index in [1.807, 2.05) is 36.4 Å². The number of nitrogens with zero attached hydrogens (tertiary/aromatic N) is 1. The molecule has 0 heterocycles. The molecule has 0 spiro atoms. The monoisotopic (exact) mass is 264 g/mol. The van der Waals surface area contributed by atoms with Crippen molar-refractivity contribution in [3.8, 4) is 6.07 Å². The van der Waals surface area contributed by atoms with Crippen molar-refractivity contribution in [1.29, 1.82) is 5.26 Å². The smallest absolute Gasteiger partial charge is 0.0837 e. The first-order valence-corrected chi connectivity index (χ1v) is 6.96. The summed E-state index contributed by atoms with van der Waals surface area (Å²) >= 11 is 0. The van der Waals surface area contributed by atoms with Gasteiger partial charge in [0.15, 0.2) is 0 Å². The highest BCUT2D eigenvalue weighted by Crippen LogP contribution is 2.19. The first-order chi connectivity index (χ1) is 9.72. The van der Waals surface area contributed by atoms with E-state index in [4.69, 9.17) is 0 Å². The Hall–Kier alpha value is -2.11. The fourth-order valence-electron chi connectivity index (χ4n) is 2.40. The standard InChI is InChI=1S/C18H20N2/c1-14-8-6-7-11-18(14)15(2)20-13-17(12-19)16-9-4-3-5-10-16/h3-11,15,17,20H,13H2,1-2H3. The Morgan fingerprint density at radius 2 is 1.70 bits per heavy atom. The van der Waals surface area contributed by atoms with Crippen LogP contribution in [-0.2, 0) is 0 Å². The Morgan fingerprint density at radius 3 is 2.35 bits per heavy atom. The van der Waals surface area contributed by atoms with Gasteiger partial charge >= 0.3 is 0 Å². The van der Waals surface area contributed by atoms with Crippen LogP contribution >= 0.6 is 0 Å². The molecule has 1 N–H and O–H groups in total. The third-order valence-electron chi connectivity index (χ3n) is 3.64. The summed E-state index contributed by atoms with van der Waals surface area (Å²) in [5.41, 5.74) is 3.64. The molecule has 2 rings (SSSR count). The van der Waals surface area contributed by atoms with Crippen LogP contribution in [0.4, 0.5) is 0 Å². The van der Waals surface area contributed by atoms with Crippen molar-refractivity contribution in [3.63, 3.8) is 0 Å². The van der Waals surface area contributed by atoms with E-state index in [-0.39, 0.29) is 12.0 Å². The lowest BCUT2D eigenvalue weighted by Crippen LogP contribution is -2.24. The zero-order valence-electron chi connectivity index (χ0n) is 12.0. The molecule has 0 saturated heterocycles. The highest BCUT2D eigenvalue weighted by atomic mass is 14.9. The van der Waals surface area contributed by atoms with Gasteiger partial charge in [-0.2, -0.15) is 5.26 Å². The van der Waals surface area contributed by atoms with E-state index in [2.05, 4.69) is 43.4 Å². The Kier molecular flexibility index (Phi) is 4.92. The number of nitriles is 1. The van der Waals surface area contributed by atoms with Gasteiger partial charge in [0.1, 0.15) is 0 Å². The Morgan fingerprint density at radius 1 is 1.05 bits per heavy atom. The van der Waals surface area contributed by atoms with E-state index >= 15 is 0 Å². The van der Waals surface area contributed by atoms with Gasteiger partial charge in [0.25, 0.3) is 0 Å². The second-order valence-electron chi connectivity index (χ2n) is 5.08. The van der Waals surface area contributed by atoms with E-state index in [0.717, 1.165) is 5.56 Å². The number of hydrogen-bond acceptors (Lipinski definition) is 2. The van der Waals surface area contributed by atoms with E-state index in [1.165, 1.54) is 11.1 Å². The molecule has 0 amide bonds. The summed E-state index contributed by atoms with van der Waals surface area (Å²) in [6.45, 7) is 4.92. The van der Waals surface area contributed by atoms with Gasteiger partial charge in [0.2, 0.25) is 0 Å². The maximum Gasteiger partial charge on any atom is 0.0837 e. The predicted molar refractivity (Wildman–Crippen MR) is 82.4 cm³/mol. The number of hydrogen-bond donors (Lipinski definition) is 1. The minimum atomic E-state index is -0.109. The van der Waals surface area contributed by atoms with Crippen LogP contribution in [0.1, 0.15) is 35.6 Å². The summed E-state index contributed by atoms with van der Waals surface area (Å²) in [6.07, 6.45) is 0. The van der Waals surface area contributed by atoms with Crippen LogP contribution in [0.2, 0.25) is 0 Å². The van der Waals surface area contributed by atoms with E-state index in [0.29, 0.717) is 6.54 Å². The largest absolute Gasteiger partial charge is 0.309 e. The predicted octanol–water partition coefficient (Wildman–Crippen LogP) is 3.95. The average Bonchev–Trinajstić information content (AvgIpc) is 2.49. The molecular formula is C18H20N2. The molecule has 102 valence electrons. The molecule has 0 aliphatic heterocycles. The SMILES string of the molecule is Cc1ccccc1C(C)NCC(C#N)c1ccccc1. The van der Waals surface area contributed by atoms with Crippen LogP contribution in [-0.4, -0.2) is 6.54 Å². The highest BCUT2D eigenvalue weighted by Gasteiger charge is 2.13. The van der Waals surface area contributed by atoms with Gasteiger partial charge in [0, 0.05) is 12.6 Å². The van der Waals surface area contributed by atoms with Crippen molar-refractivity contribution < 1.29 is 0 Å². The molecule has 0 bridgehead atoms. The van der Waals surface area contributed by atoms with Gasteiger partial charge < -0.3 is 5.32 Å². The van der Waals surface area contributed by atoms with Crippen LogP contribution in [0.25, 0.3) is 0 Å². The molecule has 2 aromatic carbocycles. The molecular weight excluding hydrogens is 244 g/mol. The lowest BCUT2D eigenvalue weighted by Gasteiger charge is -2.18. The number of benzene rings is 2. The third kappa shape index (κ3) is 3.46. The normalized spacial score (nSPS) is 13.4. The van der Waals surface area contributed by atoms with Crippen molar-refractivity contribution in [1.82, 2.24) is 5.32 Å². The van der Waals surface area contributed by atoms with Crippen LogP contribution in [0, 0.1) is 18.3 Å². The molecule has 0 fully saturated rings. The van der Waals surface area contributed by atoms with Gasteiger partial charge in [0.05, 0.1) is 12.0 Å². The molecule has 0 aliphatic rings. The van der Waals surface area contributed by atoms with Gasteiger partial charge in [-0.25, -0.2) is 0 Å². The number of rotatable bonds is 5. The third-order valence-corrected chi connectivity index (χ3v) is 3.64. The van der Waals surface area contributed by atoms with Gasteiger partial charge in [-0.05, 0) is 30.5 Å². The number of aryl methyl sites for hydroxylation is 1. The minimum Gasteiger partial charge on any atom is -0.309 e. The van der Waals surface area contributed by atoms with Crippen molar-refractivity contribution in [2.24, 2.45) is 0 Å². The highest BCUT2D eigenvalue weighted by molar-refractivity contribution is 5.29. The van der Waals surface area contributed by atoms with E-state index in [9.17, 15) is 5.26 Å². The Bertz CT molecular complexity index is 584. The molecule has 2 atom stereocenters. The van der Waals surface area contributed by atoms with Crippen LogP contribution < -0.4 is 5.32 Å². The van der Waals surface area contributed by atoms with Crippen LogP contribution in [0.5, 0.6) is 0 Å². The summed E-state index contributed by atoms with van der Waals surface area (Å²) < 4.78 is 0. The summed E-state index contributed by atoms with van der Waals surface area (Å²) in [7, 11) is 0. The van der Waals surface area contributed by atoms with Gasteiger partial charge in [-0.3, -0.25) is 0 Å². The maximum absolute atomic E-state index is 9.33. The molecule has 0 aromatic heterocycles. The maximum atomic E-state index is 9.33. The van der Waals surface area contributed by atoms with E-state index < -0.39 is 0 Å². The zero-order chi connectivity index (χ0) is 14.4. The lowest BCUT2D eigenvalue weighted by atomic mass is 9.98. The summed E-state index contributed by atoms with van der Waals surface area (Å²) in [5, 5.41) is 12.8. The molecule has 0 saturated carbocycles. The lowest BCUT2D eigenvalue weighted by molar-refractivity contribution is 0.556. The first kappa shape index (κ1) is 14.3. The molecule has 0 aliphatic carbocycles. The minimum absolute atomic E-state index is 0.109. The first-order valence-electron chi connectivity index (χ1n) is 6.96. The van der Waals surface area contributed by atoms with Crippen LogP contribution in [0.3, 0.4) is 0 Å². The molecule has 2 aromatic rings. The van der Waals surface area contributed by atoms with Gasteiger partial charge in [-0.15, -0.1) is 0 Å². The second-order valence-corrected chi connectivity index (χ2v) is 5.08. The van der Waals surface area contributed by atoms with Crippen molar-refractivity contribution in [2.75, 3.05) is 6.54 Å². The molecule has 0 radical (unpaired) electrons. The van der Waals surface area contributed by atoms with Crippen molar-refractivity contribution in [2.45, 2.75) is 25.8 Å². The fourth-order valence-corrected chi connectivity index (χ4v) is 2.40. The second kappa shape index (κ2) is 6.88. The Balaban J connectivity index is 2.01. The molecule has 2 nitrogen and oxygen atoms in total. The van der Waals surface area contributed by atoms with E-state index in [1.54, 1.807) is 0 Å². The zero-order valence-corrected chi connectivity index (χ0v) is 12.0. The Labute approximate surface area is 121 Å². The van der Waals surface area contributed by atoms with Gasteiger partial charge in [-0.1, -0.05) is 54.6 Å². The molecule has 20 heavy (non-hydrogen) atoms. The van der Waals surface area contributed by atoms with Crippen LogP contribution in [0.15, 0.2) is 54.6 Å².